The maximum atomic E-state index is 12.1. The van der Waals surface area contributed by atoms with Gasteiger partial charge in [-0.05, 0) is 31.2 Å². The van der Waals surface area contributed by atoms with E-state index in [4.69, 9.17) is 45.3 Å². The van der Waals surface area contributed by atoms with Crippen molar-refractivity contribution < 1.29 is 9.53 Å². The van der Waals surface area contributed by atoms with E-state index in [-0.39, 0.29) is 19.1 Å². The second-order valence-electron chi connectivity index (χ2n) is 6.16. The van der Waals surface area contributed by atoms with Gasteiger partial charge in [0.15, 0.2) is 0 Å². The van der Waals surface area contributed by atoms with Gasteiger partial charge >= 0.3 is 0 Å². The van der Waals surface area contributed by atoms with Gasteiger partial charge in [-0.15, -0.1) is 0 Å². The highest BCUT2D eigenvalue weighted by Gasteiger charge is 2.21. The van der Waals surface area contributed by atoms with E-state index in [1.165, 1.54) is 4.90 Å². The topological polar surface area (TPSA) is 68.5 Å². The summed E-state index contributed by atoms with van der Waals surface area (Å²) in [6.45, 7) is 1.82. The van der Waals surface area contributed by atoms with Crippen LogP contribution < -0.4 is 15.4 Å². The fraction of sp³-hybridized carbons (Fsp3) is 0.200. The van der Waals surface area contributed by atoms with Gasteiger partial charge in [0.05, 0.1) is 33.9 Å². The average molecular weight is 439 g/mol. The summed E-state index contributed by atoms with van der Waals surface area (Å²) in [6, 6.07) is 10.7. The molecule has 28 heavy (non-hydrogen) atoms. The molecule has 8 heteroatoms. The summed E-state index contributed by atoms with van der Waals surface area (Å²) in [7, 11) is 1.61. The van der Waals surface area contributed by atoms with Crippen LogP contribution in [0.15, 0.2) is 36.4 Å². The molecule has 0 aliphatic carbocycles. The number of halogens is 3. The number of fused-ring (bicyclic) bond motifs is 1. The van der Waals surface area contributed by atoms with Crippen LogP contribution >= 0.6 is 34.8 Å². The van der Waals surface area contributed by atoms with Crippen LogP contribution in [0.1, 0.15) is 11.3 Å². The maximum absolute atomic E-state index is 12.1. The molecule has 3 aromatic rings. The molecule has 0 radical (unpaired) electrons. The summed E-state index contributed by atoms with van der Waals surface area (Å²) in [5, 5.41) is 2.00. The predicted octanol–water partition coefficient (Wildman–Crippen LogP) is 5.00. The van der Waals surface area contributed by atoms with Crippen LogP contribution in [0.3, 0.4) is 0 Å². The molecule has 1 heterocycles. The van der Waals surface area contributed by atoms with E-state index in [2.05, 4.69) is 4.98 Å². The Kier molecular flexibility index (Phi) is 6.30. The minimum atomic E-state index is -0.271. The molecule has 1 aromatic heterocycles. The Morgan fingerprint density at radius 2 is 1.79 bits per heavy atom. The van der Waals surface area contributed by atoms with Gasteiger partial charge in [0.1, 0.15) is 12.4 Å². The van der Waals surface area contributed by atoms with Crippen molar-refractivity contribution in [3.05, 3.63) is 62.7 Å². The normalized spacial score (nSPS) is 10.9. The first-order chi connectivity index (χ1) is 13.3. The monoisotopic (exact) mass is 437 g/mol. The van der Waals surface area contributed by atoms with Crippen molar-refractivity contribution in [2.24, 2.45) is 5.73 Å². The molecular formula is C20H18Cl3N3O2. The van der Waals surface area contributed by atoms with Gasteiger partial charge in [0.25, 0.3) is 0 Å². The van der Waals surface area contributed by atoms with Crippen molar-refractivity contribution in [2.75, 3.05) is 18.5 Å². The third kappa shape index (κ3) is 3.89. The number of ether oxygens (including phenoxy) is 1. The van der Waals surface area contributed by atoms with Gasteiger partial charge in [0, 0.05) is 22.7 Å². The lowest BCUT2D eigenvalue weighted by Crippen LogP contribution is -2.33. The number of rotatable bonds is 5. The van der Waals surface area contributed by atoms with Gasteiger partial charge in [-0.1, -0.05) is 46.9 Å². The van der Waals surface area contributed by atoms with Gasteiger partial charge in [-0.25, -0.2) is 0 Å². The molecule has 0 saturated carbocycles. The standard InChI is InChI=1S/C20H18Cl3N3O2/c1-11-20(26(2)17(27)9-24)19(23)18-15(25-11)7-4-8-16(18)28-10-12-13(21)5-3-6-14(12)22/h3-8H,9-10,24H2,1-2H3. The summed E-state index contributed by atoms with van der Waals surface area (Å²) >= 11 is 19.1. The summed E-state index contributed by atoms with van der Waals surface area (Å²) in [5.74, 6) is 0.244. The van der Waals surface area contributed by atoms with E-state index in [1.54, 1.807) is 38.2 Å². The quantitative estimate of drug-likeness (QED) is 0.608. The minimum absolute atomic E-state index is 0.131. The Balaban J connectivity index is 2.07. The molecule has 0 atom stereocenters. The molecule has 0 aliphatic heterocycles. The molecule has 3 rings (SSSR count). The second kappa shape index (κ2) is 8.53. The number of hydrogen-bond acceptors (Lipinski definition) is 4. The van der Waals surface area contributed by atoms with Crippen LogP contribution in [0.2, 0.25) is 15.1 Å². The lowest BCUT2D eigenvalue weighted by Gasteiger charge is -2.22. The van der Waals surface area contributed by atoms with Crippen LogP contribution in [-0.2, 0) is 11.4 Å². The molecule has 1 amide bonds. The number of hydrogen-bond donors (Lipinski definition) is 1. The molecule has 5 nitrogen and oxygen atoms in total. The Morgan fingerprint density at radius 1 is 1.14 bits per heavy atom. The van der Waals surface area contributed by atoms with Crippen molar-refractivity contribution in [1.82, 2.24) is 4.98 Å². The first-order valence-corrected chi connectivity index (χ1v) is 9.59. The van der Waals surface area contributed by atoms with E-state index in [0.29, 0.717) is 48.7 Å². The number of pyridine rings is 1. The number of carbonyl (C=O) groups excluding carboxylic acids is 1. The number of aryl methyl sites for hydroxylation is 1. The Bertz CT molecular complexity index is 1040. The zero-order chi connectivity index (χ0) is 20.4. The Labute approximate surface area is 177 Å². The molecule has 2 N–H and O–H groups in total. The Hall–Kier alpha value is -2.05. The summed E-state index contributed by atoms with van der Waals surface area (Å²) in [6.07, 6.45) is 0. The van der Waals surface area contributed by atoms with Gasteiger partial charge < -0.3 is 15.4 Å². The van der Waals surface area contributed by atoms with Crippen molar-refractivity contribution in [2.45, 2.75) is 13.5 Å². The Morgan fingerprint density at radius 3 is 2.43 bits per heavy atom. The zero-order valence-corrected chi connectivity index (χ0v) is 17.6. The molecule has 0 unspecified atom stereocenters. The number of benzene rings is 2. The van der Waals surface area contributed by atoms with Crippen LogP contribution in [0.5, 0.6) is 5.75 Å². The fourth-order valence-corrected chi connectivity index (χ4v) is 3.90. The van der Waals surface area contributed by atoms with Crippen LogP contribution in [-0.4, -0.2) is 24.5 Å². The van der Waals surface area contributed by atoms with Gasteiger partial charge in [-0.2, -0.15) is 0 Å². The van der Waals surface area contributed by atoms with Crippen molar-refractivity contribution in [3.8, 4) is 5.75 Å². The first-order valence-electron chi connectivity index (χ1n) is 8.46. The summed E-state index contributed by atoms with van der Waals surface area (Å²) < 4.78 is 5.99. The highest BCUT2D eigenvalue weighted by Crippen LogP contribution is 2.40. The largest absolute Gasteiger partial charge is 0.488 e. The second-order valence-corrected chi connectivity index (χ2v) is 7.35. The molecule has 146 valence electrons. The highest BCUT2D eigenvalue weighted by molar-refractivity contribution is 6.39. The lowest BCUT2D eigenvalue weighted by atomic mass is 10.1. The average Bonchev–Trinajstić information content (AvgIpc) is 2.66. The molecule has 0 fully saturated rings. The summed E-state index contributed by atoms with van der Waals surface area (Å²) in [5.41, 5.74) is 7.94. The molecule has 0 bridgehead atoms. The fourth-order valence-electron chi connectivity index (χ4n) is 2.94. The van der Waals surface area contributed by atoms with Crippen molar-refractivity contribution in [3.63, 3.8) is 0 Å². The number of carbonyl (C=O) groups is 1. The number of nitrogens with zero attached hydrogens (tertiary/aromatic N) is 2. The van der Waals surface area contributed by atoms with Crippen LogP contribution in [0.25, 0.3) is 10.9 Å². The smallest absolute Gasteiger partial charge is 0.240 e. The third-order valence-corrected chi connectivity index (χ3v) is 5.46. The lowest BCUT2D eigenvalue weighted by molar-refractivity contribution is -0.117. The molecule has 0 aliphatic rings. The maximum Gasteiger partial charge on any atom is 0.240 e. The van der Waals surface area contributed by atoms with E-state index >= 15 is 0 Å². The van der Waals surface area contributed by atoms with E-state index < -0.39 is 0 Å². The molecular weight excluding hydrogens is 421 g/mol. The van der Waals surface area contributed by atoms with Gasteiger partial charge in [-0.3, -0.25) is 9.78 Å². The minimum Gasteiger partial charge on any atom is -0.488 e. The first kappa shape index (κ1) is 20.7. The number of aromatic nitrogens is 1. The molecule has 0 saturated heterocycles. The molecule has 0 spiro atoms. The zero-order valence-electron chi connectivity index (χ0n) is 15.3. The van der Waals surface area contributed by atoms with Crippen LogP contribution in [0, 0.1) is 6.92 Å². The SMILES string of the molecule is Cc1nc2cccc(OCc3c(Cl)cccc3Cl)c2c(Cl)c1N(C)C(=O)CN. The third-order valence-electron chi connectivity index (χ3n) is 4.38. The van der Waals surface area contributed by atoms with E-state index in [1.807, 2.05) is 12.1 Å². The number of anilines is 1. The van der Waals surface area contributed by atoms with E-state index in [9.17, 15) is 4.79 Å². The van der Waals surface area contributed by atoms with E-state index in [0.717, 1.165) is 0 Å². The van der Waals surface area contributed by atoms with Gasteiger partial charge in [0.2, 0.25) is 5.91 Å². The van der Waals surface area contributed by atoms with Crippen molar-refractivity contribution >= 4 is 57.3 Å². The number of nitrogens with two attached hydrogens (primary N) is 1. The van der Waals surface area contributed by atoms with Crippen molar-refractivity contribution in [1.29, 1.82) is 0 Å². The predicted molar refractivity (Wildman–Crippen MR) is 115 cm³/mol. The molecule has 2 aromatic carbocycles. The number of amides is 1. The number of likely N-dealkylation sites (N-methyl/N-ethyl adjacent to an activating group) is 1. The van der Waals surface area contributed by atoms with Crippen LogP contribution in [0.4, 0.5) is 5.69 Å². The highest BCUT2D eigenvalue weighted by atomic mass is 35.5. The summed E-state index contributed by atoms with van der Waals surface area (Å²) in [4.78, 5) is 18.1.